The average Bonchev–Trinajstić information content (AvgIpc) is 2.60. The van der Waals surface area contributed by atoms with Crippen LogP contribution in [0.15, 0.2) is 50.7 Å². The molecule has 1 N–H and O–H groups in total. The minimum absolute atomic E-state index is 0.00115. The zero-order valence-corrected chi connectivity index (χ0v) is 18.1. The number of hydrogen-bond acceptors (Lipinski definition) is 4. The van der Waals surface area contributed by atoms with E-state index in [0.29, 0.717) is 27.7 Å². The number of nitriles is 1. The van der Waals surface area contributed by atoms with Gasteiger partial charge in [-0.25, -0.2) is 8.42 Å². The van der Waals surface area contributed by atoms with E-state index in [1.54, 1.807) is 12.1 Å². The molecule has 0 heterocycles. The Kier molecular flexibility index (Phi) is 6.21. The van der Waals surface area contributed by atoms with Crippen molar-refractivity contribution in [1.29, 1.82) is 5.26 Å². The molecule has 154 valence electrons. The standard InChI is InChI=1S/C20H17BrF3NO3S/c1-19(2,3)16-9-12(10-17(21)18(16)26)8-15(11-25)29(27,28)14-6-4-13(5-7-14)20(22,23)24/h4-10,26H,1-3H3. The molecule has 9 heteroatoms. The number of phenols is 1. The van der Waals surface area contributed by atoms with Gasteiger partial charge in [0.2, 0.25) is 9.84 Å². The molecule has 0 aromatic heterocycles. The number of allylic oxidation sites excluding steroid dienone is 1. The third-order valence-corrected chi connectivity index (χ3v) is 6.37. The summed E-state index contributed by atoms with van der Waals surface area (Å²) >= 11 is 3.20. The lowest BCUT2D eigenvalue weighted by molar-refractivity contribution is -0.137. The Morgan fingerprint density at radius 1 is 1.14 bits per heavy atom. The van der Waals surface area contributed by atoms with Crippen LogP contribution in [0.4, 0.5) is 13.2 Å². The molecule has 0 saturated carbocycles. The maximum Gasteiger partial charge on any atom is 0.416 e. The molecule has 2 aromatic rings. The molecule has 29 heavy (non-hydrogen) atoms. The highest BCUT2D eigenvalue weighted by Crippen LogP contribution is 2.38. The molecule has 0 saturated heterocycles. The van der Waals surface area contributed by atoms with E-state index >= 15 is 0 Å². The minimum Gasteiger partial charge on any atom is -0.506 e. The first-order chi connectivity index (χ1) is 13.2. The molecule has 0 aliphatic rings. The lowest BCUT2D eigenvalue weighted by Gasteiger charge is -2.21. The van der Waals surface area contributed by atoms with Crippen LogP contribution in [-0.2, 0) is 21.4 Å². The number of halogens is 4. The van der Waals surface area contributed by atoms with Crippen molar-refractivity contribution in [2.45, 2.75) is 37.3 Å². The van der Waals surface area contributed by atoms with E-state index in [1.165, 1.54) is 6.07 Å². The maximum absolute atomic E-state index is 12.7. The zero-order chi connectivity index (χ0) is 22.2. The highest BCUT2D eigenvalue weighted by molar-refractivity contribution is 9.10. The summed E-state index contributed by atoms with van der Waals surface area (Å²) in [5, 5.41) is 19.6. The SMILES string of the molecule is CC(C)(C)c1cc(C=C(C#N)S(=O)(=O)c2ccc(C(F)(F)F)cc2)cc(Br)c1O. The Balaban J connectivity index is 2.57. The van der Waals surface area contributed by atoms with E-state index in [-0.39, 0.29) is 5.75 Å². The molecular formula is C20H17BrF3NO3S. The number of nitrogens with zero attached hydrogens (tertiary/aromatic N) is 1. The number of aromatic hydroxyl groups is 1. The molecular weight excluding hydrogens is 471 g/mol. The fourth-order valence-electron chi connectivity index (χ4n) is 2.55. The van der Waals surface area contributed by atoms with Gasteiger partial charge in [0.15, 0.2) is 0 Å². The quantitative estimate of drug-likeness (QED) is 0.554. The number of phenolic OH excluding ortho intramolecular Hbond substituents is 1. The summed E-state index contributed by atoms with van der Waals surface area (Å²) in [4.78, 5) is -1.05. The van der Waals surface area contributed by atoms with Crippen molar-refractivity contribution in [2.75, 3.05) is 0 Å². The number of rotatable bonds is 3. The van der Waals surface area contributed by atoms with Crippen molar-refractivity contribution in [1.82, 2.24) is 0 Å². The Morgan fingerprint density at radius 2 is 1.69 bits per heavy atom. The van der Waals surface area contributed by atoms with Crippen LogP contribution >= 0.6 is 15.9 Å². The molecule has 2 rings (SSSR count). The van der Waals surface area contributed by atoms with Gasteiger partial charge in [0.25, 0.3) is 0 Å². The van der Waals surface area contributed by atoms with Crippen LogP contribution < -0.4 is 0 Å². The normalized spacial score (nSPS) is 13.2. The van der Waals surface area contributed by atoms with Gasteiger partial charge in [0, 0.05) is 5.56 Å². The summed E-state index contributed by atoms with van der Waals surface area (Å²) < 4.78 is 63.9. The maximum atomic E-state index is 12.7. The summed E-state index contributed by atoms with van der Waals surface area (Å²) in [6, 6.07) is 7.53. The van der Waals surface area contributed by atoms with Crippen LogP contribution in [0.1, 0.15) is 37.5 Å². The van der Waals surface area contributed by atoms with Gasteiger partial charge in [-0.1, -0.05) is 20.8 Å². The van der Waals surface area contributed by atoms with Crippen molar-refractivity contribution < 1.29 is 26.7 Å². The first kappa shape index (κ1) is 23.0. The molecule has 4 nitrogen and oxygen atoms in total. The van der Waals surface area contributed by atoms with Gasteiger partial charge in [-0.05, 0) is 69.4 Å². The lowest BCUT2D eigenvalue weighted by atomic mass is 9.85. The van der Waals surface area contributed by atoms with Crippen LogP contribution in [0.5, 0.6) is 5.75 Å². The van der Waals surface area contributed by atoms with Crippen molar-refractivity contribution in [3.05, 3.63) is 62.5 Å². The van der Waals surface area contributed by atoms with E-state index in [4.69, 9.17) is 0 Å². The van der Waals surface area contributed by atoms with Crippen molar-refractivity contribution in [2.24, 2.45) is 0 Å². The predicted molar refractivity (Wildman–Crippen MR) is 107 cm³/mol. The topological polar surface area (TPSA) is 78.2 Å². The molecule has 0 fully saturated rings. The first-order valence-electron chi connectivity index (χ1n) is 8.25. The molecule has 0 radical (unpaired) electrons. The van der Waals surface area contributed by atoms with E-state index in [9.17, 15) is 32.0 Å². The van der Waals surface area contributed by atoms with Gasteiger partial charge in [-0.3, -0.25) is 0 Å². The zero-order valence-electron chi connectivity index (χ0n) is 15.7. The monoisotopic (exact) mass is 487 g/mol. The highest BCUT2D eigenvalue weighted by Gasteiger charge is 2.31. The number of alkyl halides is 3. The number of sulfone groups is 1. The summed E-state index contributed by atoms with van der Waals surface area (Å²) in [6.45, 7) is 5.56. The predicted octanol–water partition coefficient (Wildman–Crippen LogP) is 5.81. The Hall–Kier alpha value is -2.31. The van der Waals surface area contributed by atoms with Crippen LogP contribution in [0.25, 0.3) is 6.08 Å². The fraction of sp³-hybridized carbons (Fsp3) is 0.250. The van der Waals surface area contributed by atoms with Crippen molar-refractivity contribution >= 4 is 31.8 Å². The second-order valence-corrected chi connectivity index (χ2v) is 10.1. The van der Waals surface area contributed by atoms with Crippen LogP contribution in [0, 0.1) is 11.3 Å². The second-order valence-electron chi connectivity index (χ2n) is 7.29. The average molecular weight is 488 g/mol. The Morgan fingerprint density at radius 3 is 2.14 bits per heavy atom. The van der Waals surface area contributed by atoms with Crippen LogP contribution in [0.2, 0.25) is 0 Å². The summed E-state index contributed by atoms with van der Waals surface area (Å²) in [6.07, 6.45) is -3.48. The van der Waals surface area contributed by atoms with Crippen LogP contribution in [-0.4, -0.2) is 13.5 Å². The van der Waals surface area contributed by atoms with E-state index in [0.717, 1.165) is 18.2 Å². The molecule has 0 spiro atoms. The molecule has 2 aromatic carbocycles. The van der Waals surface area contributed by atoms with E-state index < -0.39 is 36.8 Å². The lowest BCUT2D eigenvalue weighted by Crippen LogP contribution is -2.12. The fourth-order valence-corrected chi connectivity index (χ4v) is 4.18. The Labute approximate surface area is 175 Å². The summed E-state index contributed by atoms with van der Waals surface area (Å²) in [5.74, 6) is -0.00115. The van der Waals surface area contributed by atoms with Gasteiger partial charge >= 0.3 is 6.18 Å². The second kappa shape index (κ2) is 7.84. The van der Waals surface area contributed by atoms with Gasteiger partial charge in [0.1, 0.15) is 16.7 Å². The van der Waals surface area contributed by atoms with Crippen molar-refractivity contribution in [3.63, 3.8) is 0 Å². The molecule has 0 unspecified atom stereocenters. The molecule has 0 aliphatic carbocycles. The van der Waals surface area contributed by atoms with E-state index in [2.05, 4.69) is 15.9 Å². The molecule has 0 aliphatic heterocycles. The largest absolute Gasteiger partial charge is 0.506 e. The minimum atomic E-state index is -4.60. The van der Waals surface area contributed by atoms with Gasteiger partial charge in [-0.2, -0.15) is 18.4 Å². The summed E-state index contributed by atoms with van der Waals surface area (Å²) in [5.41, 5.74) is -0.583. The molecule has 0 atom stereocenters. The van der Waals surface area contributed by atoms with Crippen LogP contribution in [0.3, 0.4) is 0 Å². The summed E-state index contributed by atoms with van der Waals surface area (Å²) in [7, 11) is -4.33. The first-order valence-corrected chi connectivity index (χ1v) is 10.5. The van der Waals surface area contributed by atoms with Gasteiger partial charge in [0.05, 0.1) is 14.9 Å². The van der Waals surface area contributed by atoms with Gasteiger partial charge < -0.3 is 5.11 Å². The van der Waals surface area contributed by atoms with Crippen molar-refractivity contribution in [3.8, 4) is 11.8 Å². The third kappa shape index (κ3) is 5.00. The third-order valence-electron chi connectivity index (χ3n) is 4.08. The molecule has 0 bridgehead atoms. The number of hydrogen-bond donors (Lipinski definition) is 1. The number of benzene rings is 2. The molecule has 0 amide bonds. The van der Waals surface area contributed by atoms with E-state index in [1.807, 2.05) is 20.8 Å². The highest BCUT2D eigenvalue weighted by atomic mass is 79.9. The van der Waals surface area contributed by atoms with Gasteiger partial charge in [-0.15, -0.1) is 0 Å². The smallest absolute Gasteiger partial charge is 0.416 e. The Bertz CT molecular complexity index is 1110.